The molecule has 0 bridgehead atoms. The van der Waals surface area contributed by atoms with Crippen molar-refractivity contribution in [3.63, 3.8) is 0 Å². The average molecular weight is 594 g/mol. The van der Waals surface area contributed by atoms with Crippen molar-refractivity contribution in [1.29, 1.82) is 0 Å². The van der Waals surface area contributed by atoms with Gasteiger partial charge in [0.15, 0.2) is 5.78 Å². The molecule has 0 unspecified atom stereocenters. The van der Waals surface area contributed by atoms with Gasteiger partial charge in [-0.25, -0.2) is 4.39 Å². The van der Waals surface area contributed by atoms with Gasteiger partial charge in [-0.2, -0.15) is 0 Å². The summed E-state index contributed by atoms with van der Waals surface area (Å²) in [5.74, 6) is -2.08. The Bertz CT molecular complexity index is 1600. The number of ketones is 1. The van der Waals surface area contributed by atoms with Crippen LogP contribution in [0.3, 0.4) is 0 Å². The molecule has 0 spiro atoms. The van der Waals surface area contributed by atoms with Crippen molar-refractivity contribution in [2.24, 2.45) is 0 Å². The molecule has 4 rings (SSSR count). The molecular weight excluding hydrogens is 574 g/mol. The number of carbonyl (C=O) groups is 3. The third-order valence-electron chi connectivity index (χ3n) is 5.65. The molecule has 4 aromatic rings. The number of halogens is 4. The van der Waals surface area contributed by atoms with Crippen LogP contribution in [0.5, 0.6) is 0 Å². The smallest absolute Gasteiger partial charge is 0.272 e. The molecule has 0 saturated carbocycles. The largest absolute Gasteiger partial charge is 0.321 e. The second-order valence-electron chi connectivity index (χ2n) is 8.38. The zero-order valence-electron chi connectivity index (χ0n) is 20.6. The zero-order chi connectivity index (χ0) is 28.6. The lowest BCUT2D eigenvalue weighted by atomic mass is 10.1. The Hall–Kier alpha value is -4.23. The fourth-order valence-electron chi connectivity index (χ4n) is 3.58. The van der Waals surface area contributed by atoms with E-state index in [4.69, 9.17) is 34.8 Å². The van der Waals surface area contributed by atoms with Crippen LogP contribution in [0.4, 0.5) is 10.1 Å². The number of rotatable bonds is 8. The van der Waals surface area contributed by atoms with Crippen molar-refractivity contribution >= 4 is 70.2 Å². The van der Waals surface area contributed by atoms with E-state index in [2.05, 4.69) is 10.6 Å². The molecule has 2 N–H and O–H groups in total. The molecule has 200 valence electrons. The number of amides is 2. The molecule has 0 atom stereocenters. The Morgan fingerprint density at radius 2 is 1.27 bits per heavy atom. The Kier molecular flexibility index (Phi) is 9.51. The standard InChI is InChI=1S/C31H20Cl3FN2O3/c32-24-10-5-11-27(35)22(24)16-17-29(38)19-12-14-21(15-13-19)36-31(40)28(18-23-25(33)8-4-9-26(23)34)37-30(39)20-6-2-1-3-7-20/h1-18H,(H,36,40)(H,37,39)/b17-16+,28-18-. The van der Waals surface area contributed by atoms with Gasteiger partial charge in [0.05, 0.1) is 5.02 Å². The minimum atomic E-state index is -0.645. The summed E-state index contributed by atoms with van der Waals surface area (Å²) in [4.78, 5) is 38.7. The van der Waals surface area contributed by atoms with E-state index in [0.29, 0.717) is 32.4 Å². The minimum Gasteiger partial charge on any atom is -0.321 e. The molecule has 0 aliphatic carbocycles. The fraction of sp³-hybridized carbons (Fsp3) is 0. The van der Waals surface area contributed by atoms with Crippen molar-refractivity contribution in [2.45, 2.75) is 0 Å². The van der Waals surface area contributed by atoms with Gasteiger partial charge in [-0.15, -0.1) is 0 Å². The van der Waals surface area contributed by atoms with Crippen molar-refractivity contribution in [2.75, 3.05) is 5.32 Å². The van der Waals surface area contributed by atoms with E-state index in [-0.39, 0.29) is 22.1 Å². The van der Waals surface area contributed by atoms with E-state index >= 15 is 0 Å². The van der Waals surface area contributed by atoms with Gasteiger partial charge in [-0.3, -0.25) is 14.4 Å². The first kappa shape index (κ1) is 28.8. The third-order valence-corrected chi connectivity index (χ3v) is 6.63. The molecule has 0 fully saturated rings. The normalized spacial score (nSPS) is 11.3. The average Bonchev–Trinajstić information content (AvgIpc) is 2.94. The first-order valence-electron chi connectivity index (χ1n) is 11.8. The third kappa shape index (κ3) is 7.24. The van der Waals surface area contributed by atoms with E-state index < -0.39 is 17.6 Å². The summed E-state index contributed by atoms with van der Waals surface area (Å²) in [6, 6.07) is 23.6. The van der Waals surface area contributed by atoms with Crippen LogP contribution in [0.25, 0.3) is 12.2 Å². The maximum Gasteiger partial charge on any atom is 0.272 e. The molecule has 0 saturated heterocycles. The monoisotopic (exact) mass is 592 g/mol. The highest BCUT2D eigenvalue weighted by atomic mass is 35.5. The number of allylic oxidation sites excluding steroid dienone is 1. The highest BCUT2D eigenvalue weighted by molar-refractivity contribution is 6.37. The summed E-state index contributed by atoms with van der Waals surface area (Å²) in [5, 5.41) is 6.07. The van der Waals surface area contributed by atoms with Crippen molar-refractivity contribution in [3.8, 4) is 0 Å². The minimum absolute atomic E-state index is 0.103. The number of nitrogens with one attached hydrogen (secondary N) is 2. The van der Waals surface area contributed by atoms with Crippen LogP contribution < -0.4 is 10.6 Å². The molecule has 0 aromatic heterocycles. The number of hydrogen-bond acceptors (Lipinski definition) is 3. The number of anilines is 1. The Morgan fingerprint density at radius 3 is 1.90 bits per heavy atom. The lowest BCUT2D eigenvalue weighted by Gasteiger charge is -2.12. The van der Waals surface area contributed by atoms with Crippen LogP contribution in [0.1, 0.15) is 31.8 Å². The Labute approximate surface area is 244 Å². The first-order chi connectivity index (χ1) is 19.2. The van der Waals surface area contributed by atoms with E-state index in [0.717, 1.165) is 0 Å². The van der Waals surface area contributed by atoms with Gasteiger partial charge in [-0.1, -0.05) is 65.1 Å². The van der Waals surface area contributed by atoms with Crippen LogP contribution in [0.15, 0.2) is 103 Å². The highest BCUT2D eigenvalue weighted by Gasteiger charge is 2.17. The second kappa shape index (κ2) is 13.2. The fourth-order valence-corrected chi connectivity index (χ4v) is 4.31. The van der Waals surface area contributed by atoms with Gasteiger partial charge < -0.3 is 10.6 Å². The van der Waals surface area contributed by atoms with E-state index in [1.807, 2.05) is 0 Å². The molecule has 4 aromatic carbocycles. The number of carbonyl (C=O) groups excluding carboxylic acids is 3. The van der Waals surface area contributed by atoms with Gasteiger partial charge in [0, 0.05) is 38.0 Å². The first-order valence-corrected chi connectivity index (χ1v) is 13.0. The second-order valence-corrected chi connectivity index (χ2v) is 9.60. The predicted molar refractivity (Wildman–Crippen MR) is 158 cm³/mol. The maximum atomic E-state index is 14.0. The van der Waals surface area contributed by atoms with Gasteiger partial charge in [0.25, 0.3) is 11.8 Å². The summed E-state index contributed by atoms with van der Waals surface area (Å²) >= 11 is 18.6. The molecule has 0 aliphatic heterocycles. The van der Waals surface area contributed by atoms with Gasteiger partial charge in [0.1, 0.15) is 11.5 Å². The van der Waals surface area contributed by atoms with Crippen LogP contribution in [-0.2, 0) is 4.79 Å². The van der Waals surface area contributed by atoms with E-state index in [1.165, 1.54) is 60.7 Å². The number of hydrogen-bond donors (Lipinski definition) is 2. The van der Waals surface area contributed by atoms with Crippen molar-refractivity contribution < 1.29 is 18.8 Å². The van der Waals surface area contributed by atoms with Gasteiger partial charge >= 0.3 is 0 Å². The Morgan fingerprint density at radius 1 is 0.675 bits per heavy atom. The number of benzene rings is 4. The Balaban J connectivity index is 1.54. The molecule has 0 heterocycles. The molecule has 40 heavy (non-hydrogen) atoms. The molecule has 9 heteroatoms. The van der Waals surface area contributed by atoms with Crippen LogP contribution in [0.2, 0.25) is 15.1 Å². The van der Waals surface area contributed by atoms with Crippen LogP contribution >= 0.6 is 34.8 Å². The van der Waals surface area contributed by atoms with E-state index in [9.17, 15) is 18.8 Å². The predicted octanol–water partition coefficient (Wildman–Crippen LogP) is 8.09. The zero-order valence-corrected chi connectivity index (χ0v) is 22.9. The summed E-state index contributed by atoms with van der Waals surface area (Å²) in [6.07, 6.45) is 3.91. The van der Waals surface area contributed by atoms with Crippen molar-refractivity contribution in [3.05, 3.63) is 146 Å². The molecule has 0 aliphatic rings. The lowest BCUT2D eigenvalue weighted by Crippen LogP contribution is -2.30. The van der Waals surface area contributed by atoms with Crippen LogP contribution in [0, 0.1) is 5.82 Å². The van der Waals surface area contributed by atoms with Crippen LogP contribution in [-0.4, -0.2) is 17.6 Å². The molecule has 0 radical (unpaired) electrons. The summed E-state index contributed by atoms with van der Waals surface area (Å²) in [7, 11) is 0. The summed E-state index contributed by atoms with van der Waals surface area (Å²) in [6.45, 7) is 0. The quantitative estimate of drug-likeness (QED) is 0.160. The van der Waals surface area contributed by atoms with E-state index in [1.54, 1.807) is 48.5 Å². The summed E-state index contributed by atoms with van der Waals surface area (Å²) < 4.78 is 14.0. The lowest BCUT2D eigenvalue weighted by molar-refractivity contribution is -0.113. The summed E-state index contributed by atoms with van der Waals surface area (Å²) in [5.41, 5.74) is 1.36. The SMILES string of the molecule is O=C(Nc1ccc(C(=O)/C=C/c2c(F)cccc2Cl)cc1)/C(=C/c1c(Cl)cccc1Cl)NC(=O)c1ccccc1. The topological polar surface area (TPSA) is 75.3 Å². The molecular formula is C31H20Cl3FN2O3. The highest BCUT2D eigenvalue weighted by Crippen LogP contribution is 2.27. The van der Waals surface area contributed by atoms with Gasteiger partial charge in [0.2, 0.25) is 0 Å². The maximum absolute atomic E-state index is 14.0. The van der Waals surface area contributed by atoms with Crippen molar-refractivity contribution in [1.82, 2.24) is 5.32 Å². The van der Waals surface area contributed by atoms with Gasteiger partial charge in [-0.05, 0) is 78.9 Å². The molecule has 2 amide bonds. The molecule has 5 nitrogen and oxygen atoms in total.